The minimum absolute atomic E-state index is 0.146. The number of aromatic nitrogens is 1. The number of benzene rings is 1. The fourth-order valence-electron chi connectivity index (χ4n) is 3.80. The molecule has 32 heavy (non-hydrogen) atoms. The van der Waals surface area contributed by atoms with E-state index in [-0.39, 0.29) is 17.4 Å². The van der Waals surface area contributed by atoms with Gasteiger partial charge in [-0.3, -0.25) is 14.5 Å². The largest absolute Gasteiger partial charge is 0.459 e. The van der Waals surface area contributed by atoms with Crippen molar-refractivity contribution in [2.45, 2.75) is 13.5 Å². The van der Waals surface area contributed by atoms with Crippen LogP contribution in [0.4, 0.5) is 0 Å². The lowest BCUT2D eigenvalue weighted by atomic mass is 10.1. The molecule has 4 rings (SSSR count). The first-order valence-electron chi connectivity index (χ1n) is 10.9. The number of fused-ring (bicyclic) bond motifs is 1. The van der Waals surface area contributed by atoms with Crippen LogP contribution in [0.25, 0.3) is 17.0 Å². The molecule has 1 aromatic carbocycles. The van der Waals surface area contributed by atoms with Gasteiger partial charge in [0.2, 0.25) is 0 Å². The van der Waals surface area contributed by atoms with Gasteiger partial charge in [0.25, 0.3) is 11.8 Å². The van der Waals surface area contributed by atoms with E-state index < -0.39 is 5.91 Å². The number of morpholine rings is 1. The Balaban J connectivity index is 1.56. The van der Waals surface area contributed by atoms with E-state index in [1.807, 2.05) is 30.5 Å². The molecule has 2 amide bonds. The topological polar surface area (TPSA) is 88.7 Å². The monoisotopic (exact) mass is 436 g/mol. The van der Waals surface area contributed by atoms with Gasteiger partial charge < -0.3 is 24.4 Å². The lowest BCUT2D eigenvalue weighted by Crippen LogP contribution is -2.42. The Morgan fingerprint density at radius 3 is 2.69 bits per heavy atom. The maximum Gasteiger partial charge on any atom is 0.291 e. The zero-order chi connectivity index (χ0) is 22.3. The molecule has 168 valence electrons. The molecule has 0 unspecified atom stereocenters. The lowest BCUT2D eigenvalue weighted by molar-refractivity contribution is -0.117. The van der Waals surface area contributed by atoms with E-state index in [9.17, 15) is 9.59 Å². The number of para-hydroxylation sites is 1. The van der Waals surface area contributed by atoms with E-state index in [0.29, 0.717) is 19.8 Å². The number of carbonyl (C=O) groups excluding carboxylic acids is 2. The van der Waals surface area contributed by atoms with Crippen molar-refractivity contribution in [3.05, 3.63) is 65.9 Å². The Morgan fingerprint density at radius 1 is 1.12 bits per heavy atom. The van der Waals surface area contributed by atoms with Gasteiger partial charge in [-0.25, -0.2) is 0 Å². The summed E-state index contributed by atoms with van der Waals surface area (Å²) in [5, 5.41) is 6.66. The molecule has 0 bridgehead atoms. The van der Waals surface area contributed by atoms with Crippen molar-refractivity contribution in [1.29, 1.82) is 0 Å². The van der Waals surface area contributed by atoms with E-state index >= 15 is 0 Å². The minimum Gasteiger partial charge on any atom is -0.459 e. The highest BCUT2D eigenvalue weighted by molar-refractivity contribution is 6.05. The number of rotatable bonds is 8. The molecule has 0 radical (unpaired) electrons. The van der Waals surface area contributed by atoms with Crippen molar-refractivity contribution in [3.63, 3.8) is 0 Å². The van der Waals surface area contributed by atoms with Gasteiger partial charge in [0.05, 0.1) is 19.5 Å². The molecule has 0 aliphatic carbocycles. The zero-order valence-corrected chi connectivity index (χ0v) is 18.2. The Hall–Kier alpha value is -3.36. The Labute approximate surface area is 186 Å². The van der Waals surface area contributed by atoms with Crippen LogP contribution < -0.4 is 10.6 Å². The molecule has 1 saturated heterocycles. The first-order chi connectivity index (χ1) is 15.7. The average molecular weight is 437 g/mol. The van der Waals surface area contributed by atoms with Crippen molar-refractivity contribution in [2.24, 2.45) is 0 Å². The van der Waals surface area contributed by atoms with Crippen LogP contribution in [0, 0.1) is 0 Å². The van der Waals surface area contributed by atoms with Crippen LogP contribution in [0.5, 0.6) is 0 Å². The first-order valence-corrected chi connectivity index (χ1v) is 10.9. The molecule has 0 saturated carbocycles. The number of nitrogens with one attached hydrogen (secondary N) is 2. The fraction of sp³-hybridized carbons (Fsp3) is 0.333. The van der Waals surface area contributed by atoms with Crippen molar-refractivity contribution in [2.75, 3.05) is 39.4 Å². The summed E-state index contributed by atoms with van der Waals surface area (Å²) in [4.78, 5) is 27.9. The molecule has 1 aliphatic heterocycles. The quantitative estimate of drug-likeness (QED) is 0.530. The molecule has 8 heteroatoms. The van der Waals surface area contributed by atoms with Crippen LogP contribution in [0.15, 0.2) is 59.0 Å². The van der Waals surface area contributed by atoms with Crippen LogP contribution in [0.3, 0.4) is 0 Å². The summed E-state index contributed by atoms with van der Waals surface area (Å²) < 4.78 is 12.7. The molecule has 1 aliphatic rings. The van der Waals surface area contributed by atoms with Crippen molar-refractivity contribution in [1.82, 2.24) is 20.1 Å². The highest BCUT2D eigenvalue weighted by Crippen LogP contribution is 2.23. The van der Waals surface area contributed by atoms with Crippen molar-refractivity contribution < 1.29 is 18.7 Å². The predicted molar refractivity (Wildman–Crippen MR) is 122 cm³/mol. The number of carbonyl (C=O) groups is 2. The number of hydrogen-bond acceptors (Lipinski definition) is 5. The third-order valence-electron chi connectivity index (χ3n) is 5.52. The number of furan rings is 1. The highest BCUT2D eigenvalue weighted by Gasteiger charge is 2.18. The van der Waals surface area contributed by atoms with Gasteiger partial charge in [0, 0.05) is 55.4 Å². The van der Waals surface area contributed by atoms with Crippen LogP contribution in [-0.2, 0) is 16.1 Å². The number of ether oxygens (including phenoxy) is 1. The van der Waals surface area contributed by atoms with Gasteiger partial charge in [-0.15, -0.1) is 0 Å². The third-order valence-corrected chi connectivity index (χ3v) is 5.52. The average Bonchev–Trinajstić information content (AvgIpc) is 3.48. The second-order valence-corrected chi connectivity index (χ2v) is 7.59. The Bertz CT molecular complexity index is 1090. The summed E-state index contributed by atoms with van der Waals surface area (Å²) in [6, 6.07) is 11.2. The van der Waals surface area contributed by atoms with Crippen LogP contribution in [0.1, 0.15) is 23.0 Å². The molecule has 0 spiro atoms. The van der Waals surface area contributed by atoms with Gasteiger partial charge in [0.1, 0.15) is 5.70 Å². The molecule has 3 aromatic rings. The predicted octanol–water partition coefficient (Wildman–Crippen LogP) is 2.47. The fourth-order valence-corrected chi connectivity index (χ4v) is 3.80. The Morgan fingerprint density at radius 2 is 1.94 bits per heavy atom. The second-order valence-electron chi connectivity index (χ2n) is 7.59. The van der Waals surface area contributed by atoms with Gasteiger partial charge in [0.15, 0.2) is 5.76 Å². The van der Waals surface area contributed by atoms with Gasteiger partial charge in [-0.2, -0.15) is 0 Å². The number of aryl methyl sites for hydroxylation is 1. The normalized spacial score (nSPS) is 15.1. The van der Waals surface area contributed by atoms with E-state index in [1.54, 1.807) is 18.2 Å². The Kier molecular flexibility index (Phi) is 7.03. The van der Waals surface area contributed by atoms with E-state index in [0.717, 1.165) is 42.6 Å². The summed E-state index contributed by atoms with van der Waals surface area (Å²) >= 11 is 0. The second kappa shape index (κ2) is 10.3. The van der Waals surface area contributed by atoms with Crippen LogP contribution in [-0.4, -0.2) is 60.7 Å². The van der Waals surface area contributed by atoms with Gasteiger partial charge in [-0.05, 0) is 31.2 Å². The molecule has 3 heterocycles. The minimum atomic E-state index is -0.469. The first kappa shape index (κ1) is 21.9. The maximum atomic E-state index is 13.0. The number of nitrogens with zero attached hydrogens (tertiary/aromatic N) is 2. The van der Waals surface area contributed by atoms with Crippen molar-refractivity contribution in [3.8, 4) is 0 Å². The maximum absolute atomic E-state index is 13.0. The zero-order valence-electron chi connectivity index (χ0n) is 18.2. The third kappa shape index (κ3) is 5.09. The number of amides is 2. The summed E-state index contributed by atoms with van der Waals surface area (Å²) in [6.07, 6.45) is 5.14. The number of hydrogen-bond donors (Lipinski definition) is 2. The van der Waals surface area contributed by atoms with Crippen LogP contribution in [0.2, 0.25) is 0 Å². The van der Waals surface area contributed by atoms with Crippen molar-refractivity contribution >= 4 is 28.8 Å². The van der Waals surface area contributed by atoms with E-state index in [1.165, 1.54) is 6.26 Å². The molecule has 2 N–H and O–H groups in total. The lowest BCUT2D eigenvalue weighted by Gasteiger charge is -2.26. The molecule has 1 fully saturated rings. The highest BCUT2D eigenvalue weighted by atomic mass is 16.5. The summed E-state index contributed by atoms with van der Waals surface area (Å²) in [5.74, 6) is -0.664. The van der Waals surface area contributed by atoms with Gasteiger partial charge in [-0.1, -0.05) is 18.2 Å². The molecular weight excluding hydrogens is 408 g/mol. The molecule has 8 nitrogen and oxygen atoms in total. The summed E-state index contributed by atoms with van der Waals surface area (Å²) in [6.45, 7) is 7.19. The smallest absolute Gasteiger partial charge is 0.291 e. The van der Waals surface area contributed by atoms with Gasteiger partial charge >= 0.3 is 0 Å². The standard InChI is InChI=1S/C24H28N4O4/c1-2-28-17-18(19-6-3-4-7-21(19)28)16-20(26-24(30)22-8-5-13-32-22)23(29)25-9-10-27-11-14-31-15-12-27/h3-8,13,16-17H,2,9-12,14-15H2,1H3,(H,25,29)(H,26,30). The SMILES string of the molecule is CCn1cc(C=C(NC(=O)c2ccco2)C(=O)NCCN2CCOCC2)c2ccccc21. The van der Waals surface area contributed by atoms with E-state index in [2.05, 4.69) is 27.0 Å². The van der Waals surface area contributed by atoms with E-state index in [4.69, 9.17) is 9.15 Å². The molecule has 2 aromatic heterocycles. The van der Waals surface area contributed by atoms with Crippen LogP contribution >= 0.6 is 0 Å². The summed E-state index contributed by atoms with van der Waals surface area (Å²) in [7, 11) is 0. The summed E-state index contributed by atoms with van der Waals surface area (Å²) in [5.41, 5.74) is 2.11. The molecule has 0 atom stereocenters. The molecular formula is C24H28N4O4.